The van der Waals surface area contributed by atoms with Gasteiger partial charge in [0.25, 0.3) is 0 Å². The van der Waals surface area contributed by atoms with Crippen LogP contribution < -0.4 is 5.32 Å². The van der Waals surface area contributed by atoms with Gasteiger partial charge >= 0.3 is 0 Å². The van der Waals surface area contributed by atoms with Crippen LogP contribution >= 0.6 is 23.2 Å². The molecule has 116 valence electrons. The second-order valence-corrected chi connectivity index (χ2v) is 5.65. The molecule has 1 atom stereocenters. The summed E-state index contributed by atoms with van der Waals surface area (Å²) >= 11 is 11.9. The van der Waals surface area contributed by atoms with E-state index in [1.807, 2.05) is 11.8 Å². The summed E-state index contributed by atoms with van der Waals surface area (Å²) in [5, 5.41) is 3.39. The SMILES string of the molecule is CCCN(CC(=O)NC)C(C)C(=O)c1ccc(Cl)cc1Cl. The van der Waals surface area contributed by atoms with Gasteiger partial charge in [0.2, 0.25) is 5.91 Å². The molecule has 0 fully saturated rings. The van der Waals surface area contributed by atoms with Crippen LogP contribution in [0.25, 0.3) is 0 Å². The molecule has 0 saturated heterocycles. The highest BCUT2D eigenvalue weighted by molar-refractivity contribution is 6.37. The molecule has 4 nitrogen and oxygen atoms in total. The first-order valence-corrected chi connectivity index (χ1v) is 7.60. The highest BCUT2D eigenvalue weighted by Gasteiger charge is 2.25. The molecule has 1 aromatic carbocycles. The van der Waals surface area contributed by atoms with Crippen molar-refractivity contribution in [1.29, 1.82) is 0 Å². The van der Waals surface area contributed by atoms with Crippen molar-refractivity contribution in [3.63, 3.8) is 0 Å². The zero-order valence-electron chi connectivity index (χ0n) is 12.5. The van der Waals surface area contributed by atoms with Crippen molar-refractivity contribution in [3.8, 4) is 0 Å². The molecule has 0 aliphatic rings. The summed E-state index contributed by atoms with van der Waals surface area (Å²) in [6.45, 7) is 4.63. The molecule has 0 aliphatic carbocycles. The molecular formula is C15H20Cl2N2O2. The van der Waals surface area contributed by atoms with Gasteiger partial charge in [0.1, 0.15) is 0 Å². The fraction of sp³-hybridized carbons (Fsp3) is 0.467. The maximum atomic E-state index is 12.6. The number of benzene rings is 1. The van der Waals surface area contributed by atoms with Crippen molar-refractivity contribution in [2.24, 2.45) is 0 Å². The lowest BCUT2D eigenvalue weighted by Crippen LogP contribution is -2.45. The van der Waals surface area contributed by atoms with Gasteiger partial charge in [-0.25, -0.2) is 0 Å². The molecular weight excluding hydrogens is 311 g/mol. The maximum Gasteiger partial charge on any atom is 0.233 e. The number of Topliss-reactive ketones (excluding diaryl/α,β-unsaturated/α-hetero) is 1. The number of ketones is 1. The van der Waals surface area contributed by atoms with E-state index in [4.69, 9.17) is 23.2 Å². The third-order valence-corrected chi connectivity index (χ3v) is 3.81. The highest BCUT2D eigenvalue weighted by atomic mass is 35.5. The van der Waals surface area contributed by atoms with Gasteiger partial charge in [-0.2, -0.15) is 0 Å². The predicted molar refractivity (Wildman–Crippen MR) is 86.2 cm³/mol. The van der Waals surface area contributed by atoms with Gasteiger partial charge in [-0.05, 0) is 38.1 Å². The van der Waals surface area contributed by atoms with Gasteiger partial charge in [-0.15, -0.1) is 0 Å². The van der Waals surface area contributed by atoms with Gasteiger partial charge in [-0.3, -0.25) is 14.5 Å². The second-order valence-electron chi connectivity index (χ2n) is 4.81. The van der Waals surface area contributed by atoms with Crippen LogP contribution in [0.2, 0.25) is 10.0 Å². The van der Waals surface area contributed by atoms with Crippen molar-refractivity contribution in [1.82, 2.24) is 10.2 Å². The highest BCUT2D eigenvalue weighted by Crippen LogP contribution is 2.23. The number of halogens is 2. The molecule has 0 spiro atoms. The van der Waals surface area contributed by atoms with Crippen LogP contribution in [0.15, 0.2) is 18.2 Å². The summed E-state index contributed by atoms with van der Waals surface area (Å²) in [5.74, 6) is -0.237. The molecule has 0 radical (unpaired) electrons. The standard InChI is InChI=1S/C15H20Cl2N2O2/c1-4-7-19(9-14(20)18-3)10(2)15(21)12-6-5-11(16)8-13(12)17/h5-6,8,10H,4,7,9H2,1-3H3,(H,18,20). The van der Waals surface area contributed by atoms with E-state index in [0.29, 0.717) is 22.2 Å². The second kappa shape index (κ2) is 8.37. The Bertz CT molecular complexity index is 520. The molecule has 6 heteroatoms. The Hall–Kier alpha value is -1.10. The predicted octanol–water partition coefficient (Wildman–Crippen LogP) is 3.02. The van der Waals surface area contributed by atoms with Gasteiger partial charge in [0.05, 0.1) is 17.6 Å². The number of rotatable bonds is 7. The van der Waals surface area contributed by atoms with Gasteiger partial charge < -0.3 is 5.32 Å². The van der Waals surface area contributed by atoms with Crippen LogP contribution in [0, 0.1) is 0 Å². The molecule has 1 unspecified atom stereocenters. The summed E-state index contributed by atoms with van der Waals surface area (Å²) in [5.41, 5.74) is 0.423. The van der Waals surface area contributed by atoms with E-state index < -0.39 is 6.04 Å². The molecule has 1 rings (SSSR count). The smallest absolute Gasteiger partial charge is 0.233 e. The van der Waals surface area contributed by atoms with Gasteiger partial charge in [0, 0.05) is 17.6 Å². The van der Waals surface area contributed by atoms with E-state index in [-0.39, 0.29) is 18.2 Å². The summed E-state index contributed by atoms with van der Waals surface area (Å²) in [4.78, 5) is 26.0. The number of carbonyl (C=O) groups excluding carboxylic acids is 2. The number of amides is 1. The normalized spacial score (nSPS) is 12.3. The van der Waals surface area contributed by atoms with Crippen LogP contribution in [0.1, 0.15) is 30.6 Å². The summed E-state index contributed by atoms with van der Waals surface area (Å²) in [6, 6.07) is 4.37. The lowest BCUT2D eigenvalue weighted by molar-refractivity contribution is -0.122. The van der Waals surface area contributed by atoms with Crippen LogP contribution in [0.5, 0.6) is 0 Å². The Morgan fingerprint density at radius 3 is 2.52 bits per heavy atom. The average molecular weight is 331 g/mol. The third kappa shape index (κ3) is 4.99. The van der Waals surface area contributed by atoms with Crippen LogP contribution in [-0.2, 0) is 4.79 Å². The molecule has 0 bridgehead atoms. The lowest BCUT2D eigenvalue weighted by Gasteiger charge is -2.27. The van der Waals surface area contributed by atoms with Crippen molar-refractivity contribution >= 4 is 34.9 Å². The zero-order valence-corrected chi connectivity index (χ0v) is 14.0. The molecule has 21 heavy (non-hydrogen) atoms. The fourth-order valence-corrected chi connectivity index (χ4v) is 2.54. The van der Waals surface area contributed by atoms with Crippen molar-refractivity contribution in [2.75, 3.05) is 20.1 Å². The number of hydrogen-bond acceptors (Lipinski definition) is 3. The Labute approximate surface area is 135 Å². The Morgan fingerprint density at radius 2 is 2.00 bits per heavy atom. The first-order chi connectivity index (χ1) is 9.90. The third-order valence-electron chi connectivity index (χ3n) is 3.26. The Balaban J connectivity index is 2.93. The minimum absolute atomic E-state index is 0.117. The molecule has 0 saturated carbocycles. The number of nitrogens with zero attached hydrogens (tertiary/aromatic N) is 1. The minimum atomic E-state index is -0.430. The minimum Gasteiger partial charge on any atom is -0.358 e. The van der Waals surface area contributed by atoms with Crippen molar-refractivity contribution in [3.05, 3.63) is 33.8 Å². The van der Waals surface area contributed by atoms with E-state index in [0.717, 1.165) is 6.42 Å². The maximum absolute atomic E-state index is 12.6. The Morgan fingerprint density at radius 1 is 1.33 bits per heavy atom. The molecule has 0 aliphatic heterocycles. The summed E-state index contributed by atoms with van der Waals surface area (Å²) in [7, 11) is 1.58. The van der Waals surface area contributed by atoms with E-state index in [9.17, 15) is 9.59 Å². The van der Waals surface area contributed by atoms with Crippen LogP contribution in [-0.4, -0.2) is 42.8 Å². The molecule has 1 amide bonds. The summed E-state index contributed by atoms with van der Waals surface area (Å²) in [6.07, 6.45) is 0.850. The zero-order chi connectivity index (χ0) is 16.0. The largest absolute Gasteiger partial charge is 0.358 e. The number of nitrogens with one attached hydrogen (secondary N) is 1. The van der Waals surface area contributed by atoms with E-state index in [2.05, 4.69) is 5.32 Å². The number of likely N-dealkylation sites (N-methyl/N-ethyl adjacent to an activating group) is 1. The first-order valence-electron chi connectivity index (χ1n) is 6.84. The van der Waals surface area contributed by atoms with Gasteiger partial charge in [0.15, 0.2) is 5.78 Å². The van der Waals surface area contributed by atoms with Crippen molar-refractivity contribution < 1.29 is 9.59 Å². The molecule has 0 heterocycles. The van der Waals surface area contributed by atoms with Gasteiger partial charge in [-0.1, -0.05) is 30.1 Å². The number of hydrogen-bond donors (Lipinski definition) is 1. The van der Waals surface area contributed by atoms with Crippen LogP contribution in [0.3, 0.4) is 0 Å². The average Bonchev–Trinajstić information content (AvgIpc) is 2.45. The van der Waals surface area contributed by atoms with E-state index >= 15 is 0 Å². The fourth-order valence-electron chi connectivity index (χ4n) is 2.04. The quantitative estimate of drug-likeness (QED) is 0.782. The van der Waals surface area contributed by atoms with Crippen molar-refractivity contribution in [2.45, 2.75) is 26.3 Å². The molecule has 0 aromatic heterocycles. The Kier molecular flexibility index (Phi) is 7.15. The topological polar surface area (TPSA) is 49.4 Å². The van der Waals surface area contributed by atoms with Crippen LogP contribution in [0.4, 0.5) is 0 Å². The monoisotopic (exact) mass is 330 g/mol. The summed E-state index contributed by atoms with van der Waals surface area (Å²) < 4.78 is 0. The number of carbonyl (C=O) groups is 2. The van der Waals surface area contributed by atoms with E-state index in [1.165, 1.54) is 0 Å². The molecule has 1 aromatic rings. The lowest BCUT2D eigenvalue weighted by atomic mass is 10.0. The first kappa shape index (κ1) is 18.0. The molecule has 1 N–H and O–H groups in total. The van der Waals surface area contributed by atoms with E-state index in [1.54, 1.807) is 32.2 Å².